The fourth-order valence-electron chi connectivity index (χ4n) is 2.07. The molecule has 0 heterocycles. The summed E-state index contributed by atoms with van der Waals surface area (Å²) in [5.74, 6) is -0.692. The van der Waals surface area contributed by atoms with Crippen molar-refractivity contribution in [3.8, 4) is 0 Å². The van der Waals surface area contributed by atoms with E-state index in [1.807, 2.05) is 31.1 Å². The van der Waals surface area contributed by atoms with E-state index in [1.165, 1.54) is 0 Å². The van der Waals surface area contributed by atoms with Crippen LogP contribution in [0.1, 0.15) is 42.5 Å². The lowest BCUT2D eigenvalue weighted by Crippen LogP contribution is -2.28. The first-order chi connectivity index (χ1) is 10.4. The normalized spacial score (nSPS) is 10.3. The van der Waals surface area contributed by atoms with Crippen LogP contribution in [0.15, 0.2) is 24.3 Å². The van der Waals surface area contributed by atoms with Crippen molar-refractivity contribution >= 4 is 17.5 Å². The van der Waals surface area contributed by atoms with Gasteiger partial charge in [-0.2, -0.15) is 0 Å². The van der Waals surface area contributed by atoms with E-state index in [9.17, 15) is 14.8 Å². The van der Waals surface area contributed by atoms with Crippen molar-refractivity contribution in [1.29, 1.82) is 0 Å². The fourth-order valence-corrected chi connectivity index (χ4v) is 2.07. The van der Waals surface area contributed by atoms with Crippen LogP contribution in [-0.4, -0.2) is 42.7 Å². The second-order valence-corrected chi connectivity index (χ2v) is 5.50. The third-order valence-corrected chi connectivity index (χ3v) is 3.41. The number of nitrogens with zero attached hydrogens (tertiary/aromatic N) is 2. The monoisotopic (exact) mass is 307 g/mol. The molecule has 22 heavy (non-hydrogen) atoms. The maximum absolute atomic E-state index is 12.0. The minimum Gasteiger partial charge on any atom is -0.378 e. The van der Waals surface area contributed by atoms with Crippen molar-refractivity contribution in [1.82, 2.24) is 5.06 Å². The van der Waals surface area contributed by atoms with Gasteiger partial charge in [0, 0.05) is 38.3 Å². The Bertz CT molecular complexity index is 486. The van der Waals surface area contributed by atoms with Crippen molar-refractivity contribution < 1.29 is 14.8 Å². The van der Waals surface area contributed by atoms with Crippen molar-refractivity contribution in [2.24, 2.45) is 5.73 Å². The van der Waals surface area contributed by atoms with Crippen molar-refractivity contribution in [2.45, 2.75) is 32.1 Å². The molecule has 0 unspecified atom stereocenters. The molecule has 0 saturated carbocycles. The van der Waals surface area contributed by atoms with Gasteiger partial charge in [0.15, 0.2) is 0 Å². The predicted molar refractivity (Wildman–Crippen MR) is 85.9 cm³/mol. The van der Waals surface area contributed by atoms with Crippen LogP contribution in [0, 0.1) is 0 Å². The van der Waals surface area contributed by atoms with Crippen LogP contribution in [0.3, 0.4) is 0 Å². The zero-order chi connectivity index (χ0) is 16.5. The lowest BCUT2D eigenvalue weighted by atomic mass is 10.1. The van der Waals surface area contributed by atoms with Crippen LogP contribution in [0.4, 0.5) is 5.69 Å². The van der Waals surface area contributed by atoms with Crippen molar-refractivity contribution in [2.75, 3.05) is 25.5 Å². The topological polar surface area (TPSA) is 86.9 Å². The summed E-state index contributed by atoms with van der Waals surface area (Å²) < 4.78 is 0. The van der Waals surface area contributed by atoms with E-state index in [4.69, 9.17) is 5.73 Å². The first-order valence-corrected chi connectivity index (χ1v) is 7.48. The number of benzene rings is 1. The summed E-state index contributed by atoms with van der Waals surface area (Å²) >= 11 is 0. The highest BCUT2D eigenvalue weighted by Crippen LogP contribution is 2.13. The number of hydroxylamine groups is 2. The summed E-state index contributed by atoms with van der Waals surface area (Å²) in [5, 5.41) is 10.5. The van der Waals surface area contributed by atoms with Gasteiger partial charge in [-0.15, -0.1) is 0 Å². The van der Waals surface area contributed by atoms with E-state index in [0.29, 0.717) is 18.4 Å². The van der Waals surface area contributed by atoms with Gasteiger partial charge in [-0.25, -0.2) is 5.06 Å². The Balaban J connectivity index is 2.34. The van der Waals surface area contributed by atoms with Gasteiger partial charge in [-0.05, 0) is 37.1 Å². The molecule has 1 aromatic rings. The zero-order valence-electron chi connectivity index (χ0n) is 13.3. The number of hydrogen-bond acceptors (Lipinski definition) is 4. The Hall–Kier alpha value is -2.08. The zero-order valence-corrected chi connectivity index (χ0v) is 13.3. The van der Waals surface area contributed by atoms with Crippen LogP contribution in [0.5, 0.6) is 0 Å². The Labute approximate surface area is 131 Å². The molecule has 0 fully saturated rings. The predicted octanol–water partition coefficient (Wildman–Crippen LogP) is 2.02. The van der Waals surface area contributed by atoms with Crippen LogP contribution < -0.4 is 10.6 Å². The van der Waals surface area contributed by atoms with Gasteiger partial charge in [0.25, 0.3) is 5.91 Å². The Morgan fingerprint density at radius 2 is 1.64 bits per heavy atom. The molecular weight excluding hydrogens is 282 g/mol. The van der Waals surface area contributed by atoms with Crippen LogP contribution >= 0.6 is 0 Å². The maximum Gasteiger partial charge on any atom is 0.277 e. The van der Waals surface area contributed by atoms with Gasteiger partial charge in [-0.3, -0.25) is 14.8 Å². The average molecular weight is 307 g/mol. The second kappa shape index (κ2) is 9.04. The lowest BCUT2D eigenvalue weighted by Gasteiger charge is -2.16. The van der Waals surface area contributed by atoms with E-state index in [1.54, 1.807) is 12.1 Å². The summed E-state index contributed by atoms with van der Waals surface area (Å²) in [7, 11) is 3.85. The number of primary amides is 1. The molecule has 6 nitrogen and oxygen atoms in total. The van der Waals surface area contributed by atoms with Crippen molar-refractivity contribution in [3.63, 3.8) is 0 Å². The number of amides is 2. The molecule has 0 atom stereocenters. The second-order valence-electron chi connectivity index (χ2n) is 5.50. The number of hydrogen-bond donors (Lipinski definition) is 2. The van der Waals surface area contributed by atoms with Gasteiger partial charge in [0.1, 0.15) is 0 Å². The summed E-state index contributed by atoms with van der Waals surface area (Å²) in [4.78, 5) is 24.6. The van der Waals surface area contributed by atoms with Crippen molar-refractivity contribution in [3.05, 3.63) is 29.8 Å². The smallest absolute Gasteiger partial charge is 0.277 e. The molecule has 0 saturated heterocycles. The molecule has 0 spiro atoms. The lowest BCUT2D eigenvalue weighted by molar-refractivity contribution is -0.118. The molecule has 122 valence electrons. The minimum absolute atomic E-state index is 0.283. The largest absolute Gasteiger partial charge is 0.378 e. The molecule has 1 aromatic carbocycles. The highest BCUT2D eigenvalue weighted by Gasteiger charge is 2.13. The number of carbonyl (C=O) groups is 2. The number of unbranched alkanes of at least 4 members (excludes halogenated alkanes) is 3. The molecule has 0 aromatic heterocycles. The molecule has 3 N–H and O–H groups in total. The van der Waals surface area contributed by atoms with Gasteiger partial charge in [0.2, 0.25) is 5.91 Å². The third-order valence-electron chi connectivity index (χ3n) is 3.41. The quantitative estimate of drug-likeness (QED) is 0.415. The van der Waals surface area contributed by atoms with Gasteiger partial charge < -0.3 is 10.6 Å². The van der Waals surface area contributed by atoms with E-state index < -0.39 is 5.91 Å². The summed E-state index contributed by atoms with van der Waals surface area (Å²) in [5.41, 5.74) is 6.51. The highest BCUT2D eigenvalue weighted by molar-refractivity contribution is 5.93. The molecule has 2 amide bonds. The summed E-state index contributed by atoms with van der Waals surface area (Å²) in [6, 6.07) is 7.08. The number of rotatable bonds is 9. The highest BCUT2D eigenvalue weighted by atomic mass is 16.5. The Morgan fingerprint density at radius 3 is 2.18 bits per heavy atom. The number of anilines is 1. The van der Waals surface area contributed by atoms with Crippen LogP contribution in [0.25, 0.3) is 0 Å². The minimum atomic E-state index is -0.401. The Kier molecular flexibility index (Phi) is 7.39. The van der Waals surface area contributed by atoms with Gasteiger partial charge in [-0.1, -0.05) is 12.8 Å². The average Bonchev–Trinajstić information content (AvgIpc) is 2.49. The van der Waals surface area contributed by atoms with Crippen LogP contribution in [-0.2, 0) is 4.79 Å². The Morgan fingerprint density at radius 1 is 1.05 bits per heavy atom. The summed E-state index contributed by atoms with van der Waals surface area (Å²) in [6.07, 6.45) is 3.54. The molecular formula is C16H25N3O3. The SMILES string of the molecule is CN(C)c1ccc(C(=O)N(O)CCCCCCC(N)=O)cc1. The number of carbonyl (C=O) groups excluding carboxylic acids is 2. The van der Waals surface area contributed by atoms with Gasteiger partial charge in [0.05, 0.1) is 0 Å². The standard InChI is InChI=1S/C16H25N3O3/c1-18(2)14-10-8-13(9-11-14)16(21)19(22)12-6-4-3-5-7-15(17)20/h8-11,22H,3-7,12H2,1-2H3,(H2,17,20). The molecule has 0 aliphatic heterocycles. The summed E-state index contributed by atoms with van der Waals surface area (Å²) in [6.45, 7) is 0.283. The van der Waals surface area contributed by atoms with Gasteiger partial charge >= 0.3 is 0 Å². The molecule has 6 heteroatoms. The molecule has 0 aliphatic carbocycles. The van der Waals surface area contributed by atoms with Crippen LogP contribution in [0.2, 0.25) is 0 Å². The molecule has 0 radical (unpaired) electrons. The van der Waals surface area contributed by atoms with E-state index >= 15 is 0 Å². The van der Waals surface area contributed by atoms with E-state index in [-0.39, 0.29) is 12.5 Å². The third kappa shape index (κ3) is 6.13. The molecule has 0 aliphatic rings. The van der Waals surface area contributed by atoms with E-state index in [2.05, 4.69) is 0 Å². The fraction of sp³-hybridized carbons (Fsp3) is 0.500. The van der Waals surface area contributed by atoms with E-state index in [0.717, 1.165) is 30.0 Å². The number of nitrogens with two attached hydrogens (primary N) is 1. The first kappa shape index (κ1) is 18.0. The molecule has 1 rings (SSSR count). The first-order valence-electron chi connectivity index (χ1n) is 7.48. The molecule has 0 bridgehead atoms. The maximum atomic E-state index is 12.0.